The molecule has 10 heteroatoms. The zero-order chi connectivity index (χ0) is 22.7. The summed E-state index contributed by atoms with van der Waals surface area (Å²) in [7, 11) is -0.852. The number of nitrogens with zero attached hydrogens (tertiary/aromatic N) is 4. The first-order valence-corrected chi connectivity index (χ1v) is 11.4. The minimum Gasteiger partial charge on any atom is -0.497 e. The van der Waals surface area contributed by atoms with Crippen molar-refractivity contribution in [2.45, 2.75) is 4.90 Å². The standard InChI is InChI=1S/C22H23FN4O4S/c1-30-17-5-3-16(4-6-17)20-8-10-22(25-24-20)26-11-13-27(14-12-26)32(28,29)18-7-9-21(31-2)19(23)15-18/h3-10,15H,11-14H2,1-2H3. The minimum atomic E-state index is -3.80. The molecule has 1 saturated heterocycles. The van der Waals surface area contributed by atoms with Gasteiger partial charge < -0.3 is 14.4 Å². The summed E-state index contributed by atoms with van der Waals surface area (Å²) in [5.41, 5.74) is 1.66. The fourth-order valence-electron chi connectivity index (χ4n) is 3.52. The van der Waals surface area contributed by atoms with E-state index in [2.05, 4.69) is 10.2 Å². The Morgan fingerprint density at radius 2 is 1.59 bits per heavy atom. The van der Waals surface area contributed by atoms with Crippen LogP contribution < -0.4 is 14.4 Å². The monoisotopic (exact) mass is 458 g/mol. The molecule has 0 atom stereocenters. The molecule has 0 saturated carbocycles. The first-order valence-electron chi connectivity index (χ1n) is 9.99. The predicted molar refractivity (Wildman–Crippen MR) is 118 cm³/mol. The van der Waals surface area contributed by atoms with E-state index in [-0.39, 0.29) is 23.7 Å². The Bertz CT molecular complexity index is 1180. The molecule has 168 valence electrons. The van der Waals surface area contributed by atoms with Gasteiger partial charge in [0, 0.05) is 31.7 Å². The molecular formula is C22H23FN4O4S. The van der Waals surface area contributed by atoms with E-state index in [9.17, 15) is 12.8 Å². The summed E-state index contributed by atoms with van der Waals surface area (Å²) in [6, 6.07) is 15.0. The fourth-order valence-corrected chi connectivity index (χ4v) is 4.96. The van der Waals surface area contributed by atoms with Crippen LogP contribution in [0.5, 0.6) is 11.5 Å². The van der Waals surface area contributed by atoms with Crippen LogP contribution >= 0.6 is 0 Å². The third-order valence-corrected chi connectivity index (χ3v) is 7.25. The van der Waals surface area contributed by atoms with E-state index >= 15 is 0 Å². The molecule has 1 aliphatic heterocycles. The number of piperazine rings is 1. The van der Waals surface area contributed by atoms with Gasteiger partial charge in [-0.25, -0.2) is 12.8 Å². The minimum absolute atomic E-state index is 0.00503. The number of ether oxygens (including phenoxy) is 2. The normalized spacial score (nSPS) is 14.9. The van der Waals surface area contributed by atoms with Crippen molar-refractivity contribution in [2.75, 3.05) is 45.3 Å². The summed E-state index contributed by atoms with van der Waals surface area (Å²) < 4.78 is 51.1. The van der Waals surface area contributed by atoms with Gasteiger partial charge in [0.05, 0.1) is 24.8 Å². The van der Waals surface area contributed by atoms with E-state index in [1.165, 1.54) is 23.5 Å². The van der Waals surface area contributed by atoms with Gasteiger partial charge >= 0.3 is 0 Å². The van der Waals surface area contributed by atoms with Crippen LogP contribution in [-0.2, 0) is 10.0 Å². The maximum atomic E-state index is 14.0. The summed E-state index contributed by atoms with van der Waals surface area (Å²) >= 11 is 0. The van der Waals surface area contributed by atoms with Crippen LogP contribution in [0.4, 0.5) is 10.2 Å². The van der Waals surface area contributed by atoms with Crippen molar-refractivity contribution in [1.29, 1.82) is 0 Å². The second-order valence-corrected chi connectivity index (χ2v) is 9.13. The highest BCUT2D eigenvalue weighted by molar-refractivity contribution is 7.89. The molecule has 0 amide bonds. The number of anilines is 1. The first-order chi connectivity index (χ1) is 15.4. The number of hydrogen-bond donors (Lipinski definition) is 0. The molecule has 32 heavy (non-hydrogen) atoms. The van der Waals surface area contributed by atoms with Gasteiger partial charge in [0.25, 0.3) is 0 Å². The van der Waals surface area contributed by atoms with Crippen LogP contribution in [0.25, 0.3) is 11.3 Å². The van der Waals surface area contributed by atoms with Crippen LogP contribution in [0.2, 0.25) is 0 Å². The summed E-state index contributed by atoms with van der Waals surface area (Å²) in [4.78, 5) is 1.89. The van der Waals surface area contributed by atoms with Crippen LogP contribution in [0.1, 0.15) is 0 Å². The molecule has 8 nitrogen and oxygen atoms in total. The lowest BCUT2D eigenvalue weighted by molar-refractivity contribution is 0.379. The molecule has 3 aromatic rings. The number of halogens is 1. The van der Waals surface area contributed by atoms with Crippen LogP contribution in [0.15, 0.2) is 59.5 Å². The summed E-state index contributed by atoms with van der Waals surface area (Å²) in [6.45, 7) is 1.43. The molecule has 1 fully saturated rings. The smallest absolute Gasteiger partial charge is 0.243 e. The van der Waals surface area contributed by atoms with E-state index in [0.29, 0.717) is 18.9 Å². The van der Waals surface area contributed by atoms with Crippen molar-refractivity contribution >= 4 is 15.8 Å². The average Bonchev–Trinajstić information content (AvgIpc) is 2.84. The molecule has 0 unspecified atom stereocenters. The van der Waals surface area contributed by atoms with Crippen molar-refractivity contribution in [2.24, 2.45) is 0 Å². The number of methoxy groups -OCH3 is 2. The molecule has 0 radical (unpaired) electrons. The average molecular weight is 459 g/mol. The summed E-state index contributed by atoms with van der Waals surface area (Å²) in [5, 5.41) is 8.61. The van der Waals surface area contributed by atoms with Crippen LogP contribution in [-0.4, -0.2) is 63.3 Å². The number of rotatable bonds is 6. The molecule has 0 spiro atoms. The van der Waals surface area contributed by atoms with Crippen molar-refractivity contribution < 1.29 is 22.3 Å². The fraction of sp³-hybridized carbons (Fsp3) is 0.273. The van der Waals surface area contributed by atoms with Gasteiger partial charge in [-0.2, -0.15) is 4.31 Å². The highest BCUT2D eigenvalue weighted by atomic mass is 32.2. The quantitative estimate of drug-likeness (QED) is 0.562. The molecule has 2 aromatic carbocycles. The first kappa shape index (κ1) is 22.0. The summed E-state index contributed by atoms with van der Waals surface area (Å²) in [6.07, 6.45) is 0. The van der Waals surface area contributed by atoms with Gasteiger partial charge in [-0.1, -0.05) is 0 Å². The van der Waals surface area contributed by atoms with Gasteiger partial charge in [0.2, 0.25) is 10.0 Å². The van der Waals surface area contributed by atoms with E-state index < -0.39 is 15.8 Å². The molecule has 0 N–H and O–H groups in total. The number of benzene rings is 2. The Morgan fingerprint density at radius 3 is 2.16 bits per heavy atom. The third kappa shape index (κ3) is 4.37. The van der Waals surface area contributed by atoms with Crippen molar-refractivity contribution in [3.8, 4) is 22.8 Å². The zero-order valence-electron chi connectivity index (χ0n) is 17.7. The van der Waals surface area contributed by atoms with Crippen molar-refractivity contribution in [3.05, 3.63) is 60.4 Å². The second kappa shape index (κ2) is 9.09. The maximum absolute atomic E-state index is 14.0. The molecule has 2 heterocycles. The third-order valence-electron chi connectivity index (χ3n) is 5.36. The van der Waals surface area contributed by atoms with Gasteiger partial charge in [0.1, 0.15) is 5.75 Å². The number of aromatic nitrogens is 2. The van der Waals surface area contributed by atoms with Gasteiger partial charge in [-0.05, 0) is 54.6 Å². The van der Waals surface area contributed by atoms with Gasteiger partial charge in [-0.3, -0.25) is 0 Å². The topological polar surface area (TPSA) is 84.9 Å². The van der Waals surface area contributed by atoms with Crippen LogP contribution in [0.3, 0.4) is 0 Å². The highest BCUT2D eigenvalue weighted by Crippen LogP contribution is 2.25. The highest BCUT2D eigenvalue weighted by Gasteiger charge is 2.29. The second-order valence-electron chi connectivity index (χ2n) is 7.19. The van der Waals surface area contributed by atoms with Crippen molar-refractivity contribution in [3.63, 3.8) is 0 Å². The molecule has 1 aromatic heterocycles. The summed E-state index contributed by atoms with van der Waals surface area (Å²) in [5.74, 6) is 0.739. The Labute approximate surface area is 186 Å². The number of hydrogen-bond acceptors (Lipinski definition) is 7. The largest absolute Gasteiger partial charge is 0.497 e. The van der Waals surface area contributed by atoms with E-state index in [4.69, 9.17) is 9.47 Å². The Kier molecular flexibility index (Phi) is 6.24. The Hall–Kier alpha value is -3.24. The van der Waals surface area contributed by atoms with Crippen molar-refractivity contribution in [1.82, 2.24) is 14.5 Å². The molecule has 0 aliphatic carbocycles. The van der Waals surface area contributed by atoms with E-state index in [1.54, 1.807) is 7.11 Å². The predicted octanol–water partition coefficient (Wildman–Crippen LogP) is 2.81. The van der Waals surface area contributed by atoms with E-state index in [0.717, 1.165) is 23.1 Å². The lowest BCUT2D eigenvalue weighted by Gasteiger charge is -2.34. The molecule has 0 bridgehead atoms. The van der Waals surface area contributed by atoms with E-state index in [1.807, 2.05) is 41.3 Å². The van der Waals surface area contributed by atoms with Gasteiger partial charge in [0.15, 0.2) is 17.4 Å². The molecule has 1 aliphatic rings. The maximum Gasteiger partial charge on any atom is 0.243 e. The Morgan fingerprint density at radius 1 is 0.875 bits per heavy atom. The zero-order valence-corrected chi connectivity index (χ0v) is 18.5. The SMILES string of the molecule is COc1ccc(-c2ccc(N3CCN(S(=O)(=O)c4ccc(OC)c(F)c4)CC3)nn2)cc1. The molecular weight excluding hydrogens is 435 g/mol. The van der Waals surface area contributed by atoms with Crippen LogP contribution in [0, 0.1) is 5.82 Å². The lowest BCUT2D eigenvalue weighted by Crippen LogP contribution is -2.49. The number of sulfonamides is 1. The molecule has 4 rings (SSSR count). The van der Waals surface area contributed by atoms with Gasteiger partial charge in [-0.15, -0.1) is 10.2 Å². The Balaban J connectivity index is 1.42. The lowest BCUT2D eigenvalue weighted by atomic mass is 10.1.